The lowest BCUT2D eigenvalue weighted by atomic mass is 10.2. The second kappa shape index (κ2) is 7.79. The van der Waals surface area contributed by atoms with Crippen molar-refractivity contribution < 1.29 is 4.39 Å². The minimum absolute atomic E-state index is 0.0802. The number of halogens is 1. The second-order valence-electron chi connectivity index (χ2n) is 5.64. The smallest absolute Gasteiger partial charge is 0.326 e. The number of hydrogen-bond acceptors (Lipinski definition) is 3. The Labute approximate surface area is 140 Å². The lowest BCUT2D eigenvalue weighted by molar-refractivity contribution is 0.598. The number of fused-ring (bicyclic) bond motifs is 1. The molecule has 0 fully saturated rings. The van der Waals surface area contributed by atoms with Crippen LogP contribution in [0.5, 0.6) is 0 Å². The minimum atomic E-state index is -0.314. The molecule has 0 atom stereocenters. The molecule has 24 heavy (non-hydrogen) atoms. The molecule has 4 N–H and O–H groups in total. The van der Waals surface area contributed by atoms with E-state index in [9.17, 15) is 9.18 Å². The molecular formula is C18H23FN4O. The zero-order chi connectivity index (χ0) is 17.7. The van der Waals surface area contributed by atoms with Crippen LogP contribution in [-0.2, 0) is 0 Å². The monoisotopic (exact) mass is 330 g/mol. The fourth-order valence-corrected chi connectivity index (χ4v) is 2.44. The van der Waals surface area contributed by atoms with Gasteiger partial charge >= 0.3 is 5.69 Å². The van der Waals surface area contributed by atoms with Gasteiger partial charge in [-0.2, -0.15) is 0 Å². The zero-order valence-electron chi connectivity index (χ0n) is 14.1. The minimum Gasteiger partial charge on any atom is -0.353 e. The number of nitrogens with one attached hydrogen (secondary N) is 2. The molecule has 5 nitrogen and oxygen atoms in total. The predicted octanol–water partition coefficient (Wildman–Crippen LogP) is 3.76. The lowest BCUT2D eigenvalue weighted by Crippen LogP contribution is -2.18. The van der Waals surface area contributed by atoms with Crippen molar-refractivity contribution in [1.82, 2.24) is 9.55 Å². The Hall–Kier alpha value is -2.60. The van der Waals surface area contributed by atoms with Gasteiger partial charge in [0.25, 0.3) is 0 Å². The summed E-state index contributed by atoms with van der Waals surface area (Å²) in [6.45, 7) is 6.57. The molecule has 0 aliphatic rings. The van der Waals surface area contributed by atoms with Crippen molar-refractivity contribution in [2.75, 3.05) is 11.9 Å². The van der Waals surface area contributed by atoms with E-state index in [1.54, 1.807) is 22.8 Å². The van der Waals surface area contributed by atoms with Gasteiger partial charge in [0, 0.05) is 11.7 Å². The van der Waals surface area contributed by atoms with Gasteiger partial charge in [-0.15, -0.1) is 0 Å². The molecule has 0 spiro atoms. The Kier molecular flexibility index (Phi) is 5.76. The van der Waals surface area contributed by atoms with Gasteiger partial charge in [0.05, 0.1) is 16.7 Å². The first-order valence-electron chi connectivity index (χ1n) is 7.93. The van der Waals surface area contributed by atoms with E-state index >= 15 is 0 Å². The van der Waals surface area contributed by atoms with Gasteiger partial charge in [0.15, 0.2) is 0 Å². The SMILES string of the molecule is CC(C)n1c(=O)[nH]c2cc(Nc3ccccc3F)ccc21.CCN. The summed E-state index contributed by atoms with van der Waals surface area (Å²) in [4.78, 5) is 14.8. The number of benzene rings is 2. The van der Waals surface area contributed by atoms with Crippen LogP contribution < -0.4 is 16.7 Å². The van der Waals surface area contributed by atoms with Gasteiger partial charge in [-0.25, -0.2) is 9.18 Å². The maximum Gasteiger partial charge on any atom is 0.326 e. The Balaban J connectivity index is 0.000000647. The summed E-state index contributed by atoms with van der Waals surface area (Å²) in [5, 5.41) is 3.02. The average molecular weight is 330 g/mol. The molecule has 0 bridgehead atoms. The van der Waals surface area contributed by atoms with E-state index in [2.05, 4.69) is 10.3 Å². The Morgan fingerprint density at radius 2 is 1.92 bits per heavy atom. The number of nitrogens with zero attached hydrogens (tertiary/aromatic N) is 1. The summed E-state index contributed by atoms with van der Waals surface area (Å²) in [5.41, 5.74) is 7.42. The molecule has 128 valence electrons. The highest BCUT2D eigenvalue weighted by Crippen LogP contribution is 2.23. The van der Waals surface area contributed by atoms with Crippen molar-refractivity contribution in [2.45, 2.75) is 26.8 Å². The Morgan fingerprint density at radius 3 is 2.54 bits per heavy atom. The van der Waals surface area contributed by atoms with Gasteiger partial charge in [-0.3, -0.25) is 4.57 Å². The van der Waals surface area contributed by atoms with E-state index in [1.807, 2.05) is 39.0 Å². The Bertz CT molecular complexity index is 867. The molecule has 0 unspecified atom stereocenters. The largest absolute Gasteiger partial charge is 0.353 e. The summed E-state index contributed by atoms with van der Waals surface area (Å²) in [7, 11) is 0. The average Bonchev–Trinajstić information content (AvgIpc) is 2.85. The van der Waals surface area contributed by atoms with Crippen LogP contribution in [0, 0.1) is 5.82 Å². The topological polar surface area (TPSA) is 75.8 Å². The highest BCUT2D eigenvalue weighted by Gasteiger charge is 2.10. The van der Waals surface area contributed by atoms with Crippen LogP contribution in [0.4, 0.5) is 15.8 Å². The van der Waals surface area contributed by atoms with Crippen LogP contribution in [0.15, 0.2) is 47.3 Å². The fraction of sp³-hybridized carbons (Fsp3) is 0.278. The van der Waals surface area contributed by atoms with Crippen LogP contribution >= 0.6 is 0 Å². The number of nitrogens with two attached hydrogens (primary N) is 1. The highest BCUT2D eigenvalue weighted by molar-refractivity contribution is 5.81. The molecule has 0 saturated carbocycles. The van der Waals surface area contributed by atoms with Crippen molar-refractivity contribution in [3.63, 3.8) is 0 Å². The number of hydrogen-bond donors (Lipinski definition) is 3. The number of aromatic amines is 1. The van der Waals surface area contributed by atoms with Crippen molar-refractivity contribution in [3.8, 4) is 0 Å². The maximum absolute atomic E-state index is 13.6. The van der Waals surface area contributed by atoms with E-state index in [4.69, 9.17) is 5.73 Å². The van der Waals surface area contributed by atoms with E-state index in [0.29, 0.717) is 5.69 Å². The summed E-state index contributed by atoms with van der Waals surface area (Å²) >= 11 is 0. The third-order valence-electron chi connectivity index (χ3n) is 3.39. The van der Waals surface area contributed by atoms with E-state index in [0.717, 1.165) is 23.3 Å². The summed E-state index contributed by atoms with van der Waals surface area (Å²) in [6, 6.07) is 12.1. The molecule has 0 aliphatic carbocycles. The van der Waals surface area contributed by atoms with Crippen molar-refractivity contribution >= 4 is 22.4 Å². The van der Waals surface area contributed by atoms with Gasteiger partial charge < -0.3 is 16.0 Å². The van der Waals surface area contributed by atoms with E-state index < -0.39 is 0 Å². The predicted molar refractivity (Wildman–Crippen MR) is 97.4 cm³/mol. The molecule has 6 heteroatoms. The van der Waals surface area contributed by atoms with Gasteiger partial charge in [-0.05, 0) is 50.7 Å². The van der Waals surface area contributed by atoms with Gasteiger partial charge in [-0.1, -0.05) is 19.1 Å². The molecular weight excluding hydrogens is 307 g/mol. The normalized spacial score (nSPS) is 10.6. The van der Waals surface area contributed by atoms with Gasteiger partial charge in [0.1, 0.15) is 5.82 Å². The molecule has 0 amide bonds. The Morgan fingerprint density at radius 1 is 1.25 bits per heavy atom. The van der Waals surface area contributed by atoms with Crippen LogP contribution in [0.25, 0.3) is 11.0 Å². The molecule has 0 aliphatic heterocycles. The summed E-state index contributed by atoms with van der Waals surface area (Å²) in [5.74, 6) is -0.314. The van der Waals surface area contributed by atoms with Crippen LogP contribution in [-0.4, -0.2) is 16.1 Å². The molecule has 2 aromatic carbocycles. The molecule has 0 saturated heterocycles. The van der Waals surface area contributed by atoms with Crippen molar-refractivity contribution in [3.05, 3.63) is 58.8 Å². The molecule has 0 radical (unpaired) electrons. The first-order valence-corrected chi connectivity index (χ1v) is 7.93. The zero-order valence-corrected chi connectivity index (χ0v) is 14.1. The van der Waals surface area contributed by atoms with E-state index in [-0.39, 0.29) is 17.5 Å². The fourth-order valence-electron chi connectivity index (χ4n) is 2.44. The number of rotatable bonds is 3. The number of imidazole rings is 1. The lowest BCUT2D eigenvalue weighted by Gasteiger charge is -2.09. The first kappa shape index (κ1) is 17.7. The maximum atomic E-state index is 13.6. The highest BCUT2D eigenvalue weighted by atomic mass is 19.1. The summed E-state index contributed by atoms with van der Waals surface area (Å²) in [6.07, 6.45) is 0. The molecule has 3 aromatic rings. The van der Waals surface area contributed by atoms with Crippen LogP contribution in [0.1, 0.15) is 26.8 Å². The molecule has 1 heterocycles. The third-order valence-corrected chi connectivity index (χ3v) is 3.39. The number of aromatic nitrogens is 2. The third kappa shape index (κ3) is 3.83. The van der Waals surface area contributed by atoms with E-state index in [1.165, 1.54) is 6.07 Å². The summed E-state index contributed by atoms with van der Waals surface area (Å²) < 4.78 is 15.3. The first-order chi connectivity index (χ1) is 11.5. The van der Waals surface area contributed by atoms with Crippen LogP contribution in [0.2, 0.25) is 0 Å². The van der Waals surface area contributed by atoms with Crippen molar-refractivity contribution in [2.24, 2.45) is 5.73 Å². The number of H-pyrrole nitrogens is 1. The molecule has 1 aromatic heterocycles. The quantitative estimate of drug-likeness (QED) is 0.684. The van der Waals surface area contributed by atoms with Gasteiger partial charge in [0.2, 0.25) is 0 Å². The van der Waals surface area contributed by atoms with Crippen LogP contribution in [0.3, 0.4) is 0 Å². The second-order valence-corrected chi connectivity index (χ2v) is 5.64. The number of para-hydroxylation sites is 1. The van der Waals surface area contributed by atoms with Crippen molar-refractivity contribution in [1.29, 1.82) is 0 Å². The molecule has 3 rings (SSSR count). The number of anilines is 2. The standard InChI is InChI=1S/C16H16FN3O.C2H7N/c1-10(2)20-15-8-7-11(9-14(15)19-16(20)21)18-13-6-4-3-5-12(13)17;1-2-3/h3-10,18H,1-2H3,(H,19,21);2-3H2,1H3.